The van der Waals surface area contributed by atoms with Crippen LogP contribution in [0.4, 0.5) is 13.9 Å². The molecule has 1 aromatic carbocycles. The molecule has 0 saturated carbocycles. The fourth-order valence-electron chi connectivity index (χ4n) is 2.63. The van der Waals surface area contributed by atoms with Gasteiger partial charge in [-0.05, 0) is 12.1 Å². The molecule has 0 bridgehead atoms. The van der Waals surface area contributed by atoms with Crippen molar-refractivity contribution in [2.24, 2.45) is 5.92 Å². The van der Waals surface area contributed by atoms with E-state index in [0.29, 0.717) is 9.90 Å². The summed E-state index contributed by atoms with van der Waals surface area (Å²) in [4.78, 5) is 29.0. The predicted molar refractivity (Wildman–Crippen MR) is 104 cm³/mol. The molecule has 0 radical (unpaired) electrons. The lowest BCUT2D eigenvalue weighted by molar-refractivity contribution is 0.0939. The van der Waals surface area contributed by atoms with E-state index >= 15 is 0 Å². The second-order valence-electron chi connectivity index (χ2n) is 6.40. The van der Waals surface area contributed by atoms with E-state index < -0.39 is 17.5 Å². The summed E-state index contributed by atoms with van der Waals surface area (Å²) in [6.07, 6.45) is 2.87. The molecule has 5 nitrogen and oxygen atoms in total. The summed E-state index contributed by atoms with van der Waals surface area (Å²) in [6.45, 7) is 3.36. The normalized spacial score (nSPS) is 11.1. The molecule has 3 rings (SSSR count). The number of rotatable bonds is 6. The maximum atomic E-state index is 14.1. The van der Waals surface area contributed by atoms with Gasteiger partial charge in [0.05, 0.1) is 12.7 Å². The Balaban J connectivity index is 1.97. The molecule has 1 amide bonds. The van der Waals surface area contributed by atoms with Crippen molar-refractivity contribution in [2.75, 3.05) is 5.32 Å². The van der Waals surface area contributed by atoms with Gasteiger partial charge in [0, 0.05) is 23.2 Å². The fraction of sp³-hybridized carbons (Fsp3) is 0.211. The number of ketones is 1. The van der Waals surface area contributed by atoms with Crippen LogP contribution in [0.3, 0.4) is 0 Å². The monoisotopic (exact) mass is 423 g/mol. The number of Topliss-reactive ketones (excluding diaryl/α,β-unsaturated/α-hetero) is 1. The minimum Gasteiger partial charge on any atom is -0.338 e. The van der Waals surface area contributed by atoms with Gasteiger partial charge in [0.2, 0.25) is 0 Å². The number of nitrogens with zero attached hydrogens (tertiary/aromatic N) is 2. The van der Waals surface area contributed by atoms with Gasteiger partial charge in [-0.1, -0.05) is 48.9 Å². The van der Waals surface area contributed by atoms with Gasteiger partial charge in [-0.3, -0.25) is 14.9 Å². The van der Waals surface area contributed by atoms with Crippen molar-refractivity contribution in [3.8, 4) is 0 Å². The smallest absolute Gasteiger partial charge is 0.274 e. The third-order valence-corrected chi connectivity index (χ3v) is 5.04. The first-order valence-electron chi connectivity index (χ1n) is 8.36. The van der Waals surface area contributed by atoms with Crippen molar-refractivity contribution in [2.45, 2.75) is 20.4 Å². The molecule has 0 spiro atoms. The molecule has 3 aromatic rings. The van der Waals surface area contributed by atoms with Crippen molar-refractivity contribution in [3.63, 3.8) is 0 Å². The van der Waals surface area contributed by atoms with Gasteiger partial charge < -0.3 is 4.57 Å². The topological polar surface area (TPSA) is 64.0 Å². The number of thiazole rings is 1. The first-order valence-corrected chi connectivity index (χ1v) is 9.55. The van der Waals surface area contributed by atoms with Gasteiger partial charge in [0.1, 0.15) is 10.0 Å². The number of benzene rings is 1. The van der Waals surface area contributed by atoms with Crippen molar-refractivity contribution in [1.82, 2.24) is 9.55 Å². The standard InChI is InChI=1S/C19H16ClF2N3O2S/c1-10(2)17(26)12-6-14(18(27)24-19-23-7-15(20)28-19)25(9-12)8-11-4-3-5-13(21)16(11)22/h3-7,9-10H,8H2,1-2H3,(H,23,24,27). The van der Waals surface area contributed by atoms with Crippen LogP contribution in [0.25, 0.3) is 0 Å². The van der Waals surface area contributed by atoms with Gasteiger partial charge in [-0.25, -0.2) is 13.8 Å². The molecule has 28 heavy (non-hydrogen) atoms. The van der Waals surface area contributed by atoms with Gasteiger partial charge in [0.25, 0.3) is 5.91 Å². The average molecular weight is 424 g/mol. The predicted octanol–water partition coefficient (Wildman–Crippen LogP) is 5.02. The van der Waals surface area contributed by atoms with Crippen LogP contribution in [0, 0.1) is 17.6 Å². The molecule has 0 aliphatic carbocycles. The van der Waals surface area contributed by atoms with Crippen LogP contribution < -0.4 is 5.32 Å². The molecule has 0 aliphatic heterocycles. The van der Waals surface area contributed by atoms with Crippen molar-refractivity contribution >= 4 is 39.8 Å². The maximum absolute atomic E-state index is 14.1. The van der Waals surface area contributed by atoms with Gasteiger partial charge in [-0.15, -0.1) is 0 Å². The average Bonchev–Trinajstić information content (AvgIpc) is 3.24. The number of halogens is 3. The summed E-state index contributed by atoms with van der Waals surface area (Å²) in [7, 11) is 0. The van der Waals surface area contributed by atoms with Crippen molar-refractivity contribution in [1.29, 1.82) is 0 Å². The van der Waals surface area contributed by atoms with E-state index in [1.807, 2.05) is 0 Å². The molecule has 0 unspecified atom stereocenters. The minimum absolute atomic E-state index is 0.0606. The Morgan fingerprint density at radius 3 is 2.71 bits per heavy atom. The zero-order valence-corrected chi connectivity index (χ0v) is 16.6. The third kappa shape index (κ3) is 4.28. The molecule has 2 heterocycles. The molecule has 1 N–H and O–H groups in total. The van der Waals surface area contributed by atoms with Crippen LogP contribution >= 0.6 is 22.9 Å². The molecular formula is C19H16ClF2N3O2S. The summed E-state index contributed by atoms with van der Waals surface area (Å²) >= 11 is 6.90. The van der Waals surface area contributed by atoms with Crippen LogP contribution in [0.5, 0.6) is 0 Å². The van der Waals surface area contributed by atoms with E-state index in [1.54, 1.807) is 13.8 Å². The zero-order chi connectivity index (χ0) is 20.4. The Bertz CT molecular complexity index is 1050. The second kappa shape index (κ2) is 8.20. The lowest BCUT2D eigenvalue weighted by Crippen LogP contribution is -2.17. The number of hydrogen-bond donors (Lipinski definition) is 1. The van der Waals surface area contributed by atoms with Gasteiger partial charge in [-0.2, -0.15) is 0 Å². The number of carbonyl (C=O) groups excluding carboxylic acids is 2. The highest BCUT2D eigenvalue weighted by molar-refractivity contribution is 7.19. The Kier molecular flexibility index (Phi) is 5.90. The number of aromatic nitrogens is 2. The van der Waals surface area contributed by atoms with E-state index in [1.165, 1.54) is 35.2 Å². The van der Waals surface area contributed by atoms with Gasteiger partial charge >= 0.3 is 0 Å². The van der Waals surface area contributed by atoms with Gasteiger partial charge in [0.15, 0.2) is 22.5 Å². The van der Waals surface area contributed by atoms with Crippen molar-refractivity contribution < 1.29 is 18.4 Å². The Morgan fingerprint density at radius 2 is 2.07 bits per heavy atom. The van der Waals surface area contributed by atoms with E-state index in [9.17, 15) is 18.4 Å². The first kappa shape index (κ1) is 20.2. The molecular weight excluding hydrogens is 408 g/mol. The van der Waals surface area contributed by atoms with E-state index in [-0.39, 0.29) is 34.6 Å². The SMILES string of the molecule is CC(C)C(=O)c1cc(C(=O)Nc2ncc(Cl)s2)n(Cc2cccc(F)c2F)c1. The number of carbonyl (C=O) groups is 2. The summed E-state index contributed by atoms with van der Waals surface area (Å²) < 4.78 is 29.4. The zero-order valence-electron chi connectivity index (χ0n) is 15.0. The number of anilines is 1. The summed E-state index contributed by atoms with van der Waals surface area (Å²) in [5.74, 6) is -2.96. The van der Waals surface area contributed by atoms with Crippen molar-refractivity contribution in [3.05, 3.63) is 69.5 Å². The lowest BCUT2D eigenvalue weighted by atomic mass is 10.0. The summed E-state index contributed by atoms with van der Waals surface area (Å²) in [5.41, 5.74) is 0.499. The highest BCUT2D eigenvalue weighted by Gasteiger charge is 2.21. The van der Waals surface area contributed by atoms with Crippen LogP contribution in [-0.2, 0) is 6.54 Å². The molecule has 0 atom stereocenters. The maximum Gasteiger partial charge on any atom is 0.274 e. The largest absolute Gasteiger partial charge is 0.338 e. The molecule has 9 heteroatoms. The number of nitrogens with one attached hydrogen (secondary N) is 1. The lowest BCUT2D eigenvalue weighted by Gasteiger charge is -2.10. The number of hydrogen-bond acceptors (Lipinski definition) is 4. The molecule has 2 aromatic heterocycles. The quantitative estimate of drug-likeness (QED) is 0.566. The highest BCUT2D eigenvalue weighted by Crippen LogP contribution is 2.24. The third-order valence-electron chi connectivity index (χ3n) is 4.01. The first-order chi connectivity index (χ1) is 13.3. The fourth-order valence-corrected chi connectivity index (χ4v) is 3.43. The summed E-state index contributed by atoms with van der Waals surface area (Å²) in [6, 6.07) is 5.26. The molecule has 146 valence electrons. The van der Waals surface area contributed by atoms with Crippen LogP contribution in [-0.4, -0.2) is 21.2 Å². The molecule has 0 aliphatic rings. The second-order valence-corrected chi connectivity index (χ2v) is 8.06. The Morgan fingerprint density at radius 1 is 1.32 bits per heavy atom. The Labute approximate surface area is 169 Å². The van der Waals surface area contributed by atoms with Crippen LogP contribution in [0.2, 0.25) is 4.34 Å². The van der Waals surface area contributed by atoms with E-state index in [4.69, 9.17) is 11.6 Å². The Hall–Kier alpha value is -2.58. The molecule has 0 saturated heterocycles. The van der Waals surface area contributed by atoms with Crippen LogP contribution in [0.15, 0.2) is 36.7 Å². The summed E-state index contributed by atoms with van der Waals surface area (Å²) in [5, 5.41) is 2.89. The highest BCUT2D eigenvalue weighted by atomic mass is 35.5. The number of amides is 1. The minimum atomic E-state index is -0.994. The molecule has 0 fully saturated rings. The van der Waals surface area contributed by atoms with E-state index in [0.717, 1.165) is 17.4 Å². The van der Waals surface area contributed by atoms with Crippen LogP contribution in [0.1, 0.15) is 40.3 Å². The van der Waals surface area contributed by atoms with E-state index in [2.05, 4.69) is 10.3 Å².